The minimum absolute atomic E-state index is 0.327. The third-order valence-electron chi connectivity index (χ3n) is 3.79. The van der Waals surface area contributed by atoms with E-state index in [0.29, 0.717) is 6.04 Å². The number of hydrogen-bond donors (Lipinski definition) is 1. The molecule has 19 heavy (non-hydrogen) atoms. The van der Waals surface area contributed by atoms with Gasteiger partial charge in [-0.05, 0) is 30.4 Å². The van der Waals surface area contributed by atoms with E-state index in [-0.39, 0.29) is 0 Å². The van der Waals surface area contributed by atoms with Crippen molar-refractivity contribution in [3.05, 3.63) is 30.5 Å². The average molecular weight is 257 g/mol. The van der Waals surface area contributed by atoms with Crippen molar-refractivity contribution in [1.29, 1.82) is 0 Å². The number of piperidine rings is 1. The van der Waals surface area contributed by atoms with Gasteiger partial charge in [0.2, 0.25) is 0 Å². The molecule has 3 rings (SSSR count). The summed E-state index contributed by atoms with van der Waals surface area (Å²) >= 11 is 0. The zero-order valence-electron chi connectivity index (χ0n) is 11.2. The van der Waals surface area contributed by atoms with Gasteiger partial charge < -0.3 is 15.4 Å². The maximum atomic E-state index is 5.97. The standard InChI is InChI=1S/C15H19N3O/c1-19-13-4-2-3-11-5-8-17-15(14(11)13)18-9-6-12(16)7-10-18/h2-5,8,12H,6-7,9-10,16H2,1H3. The summed E-state index contributed by atoms with van der Waals surface area (Å²) in [7, 11) is 1.71. The Hall–Kier alpha value is -1.81. The Morgan fingerprint density at radius 3 is 2.79 bits per heavy atom. The van der Waals surface area contributed by atoms with Gasteiger partial charge in [-0.1, -0.05) is 12.1 Å². The van der Waals surface area contributed by atoms with Crippen LogP contribution in [0.1, 0.15) is 12.8 Å². The highest BCUT2D eigenvalue weighted by molar-refractivity contribution is 5.97. The normalized spacial score (nSPS) is 16.8. The number of benzene rings is 1. The molecule has 0 atom stereocenters. The molecule has 0 saturated carbocycles. The first-order chi connectivity index (χ1) is 9.29. The fraction of sp³-hybridized carbons (Fsp3) is 0.400. The van der Waals surface area contributed by atoms with Crippen LogP contribution >= 0.6 is 0 Å². The van der Waals surface area contributed by atoms with Crippen LogP contribution in [0.3, 0.4) is 0 Å². The summed E-state index contributed by atoms with van der Waals surface area (Å²) in [4.78, 5) is 6.88. The Labute approximate surface area is 113 Å². The summed E-state index contributed by atoms with van der Waals surface area (Å²) < 4.78 is 5.49. The predicted molar refractivity (Wildman–Crippen MR) is 77.7 cm³/mol. The topological polar surface area (TPSA) is 51.4 Å². The van der Waals surface area contributed by atoms with Crippen LogP contribution in [0, 0.1) is 0 Å². The van der Waals surface area contributed by atoms with E-state index in [9.17, 15) is 0 Å². The summed E-state index contributed by atoms with van der Waals surface area (Å²) in [5.74, 6) is 1.90. The van der Waals surface area contributed by atoms with Crippen molar-refractivity contribution in [3.8, 4) is 5.75 Å². The van der Waals surface area contributed by atoms with Gasteiger partial charge in [-0.2, -0.15) is 0 Å². The summed E-state index contributed by atoms with van der Waals surface area (Å²) in [6, 6.07) is 8.45. The van der Waals surface area contributed by atoms with E-state index in [0.717, 1.165) is 42.9 Å². The van der Waals surface area contributed by atoms with Crippen LogP contribution in [0.25, 0.3) is 10.8 Å². The molecule has 0 aliphatic carbocycles. The van der Waals surface area contributed by atoms with Gasteiger partial charge in [-0.3, -0.25) is 0 Å². The largest absolute Gasteiger partial charge is 0.496 e. The van der Waals surface area contributed by atoms with Crippen LogP contribution in [-0.4, -0.2) is 31.2 Å². The fourth-order valence-corrected chi connectivity index (χ4v) is 2.70. The molecule has 0 spiro atoms. The van der Waals surface area contributed by atoms with Crippen LogP contribution in [0.15, 0.2) is 30.5 Å². The third-order valence-corrected chi connectivity index (χ3v) is 3.79. The summed E-state index contributed by atoms with van der Waals surface area (Å²) in [6.45, 7) is 1.93. The third kappa shape index (κ3) is 2.24. The summed E-state index contributed by atoms with van der Waals surface area (Å²) in [5.41, 5.74) is 5.97. The second-order valence-electron chi connectivity index (χ2n) is 5.02. The minimum Gasteiger partial charge on any atom is -0.496 e. The lowest BCUT2D eigenvalue weighted by Crippen LogP contribution is -2.40. The van der Waals surface area contributed by atoms with Crippen molar-refractivity contribution in [3.63, 3.8) is 0 Å². The highest BCUT2D eigenvalue weighted by Gasteiger charge is 2.20. The molecule has 4 heteroatoms. The average Bonchev–Trinajstić information content (AvgIpc) is 2.47. The van der Waals surface area contributed by atoms with Gasteiger partial charge in [-0.15, -0.1) is 0 Å². The lowest BCUT2D eigenvalue weighted by molar-refractivity contribution is 0.419. The molecule has 0 amide bonds. The molecule has 0 bridgehead atoms. The Bertz CT molecular complexity index is 571. The van der Waals surface area contributed by atoms with Gasteiger partial charge in [0.1, 0.15) is 11.6 Å². The molecule has 2 N–H and O–H groups in total. The van der Waals surface area contributed by atoms with Crippen molar-refractivity contribution in [2.24, 2.45) is 5.73 Å². The number of aromatic nitrogens is 1. The van der Waals surface area contributed by atoms with Gasteiger partial charge >= 0.3 is 0 Å². The van der Waals surface area contributed by atoms with E-state index in [4.69, 9.17) is 10.5 Å². The van der Waals surface area contributed by atoms with Gasteiger partial charge in [0.15, 0.2) is 0 Å². The molecular weight excluding hydrogens is 238 g/mol. The molecule has 1 fully saturated rings. The second kappa shape index (κ2) is 5.05. The molecule has 1 aromatic carbocycles. The van der Waals surface area contributed by atoms with E-state index < -0.39 is 0 Å². The molecule has 4 nitrogen and oxygen atoms in total. The molecule has 1 saturated heterocycles. The fourth-order valence-electron chi connectivity index (χ4n) is 2.70. The Kier molecular flexibility index (Phi) is 3.25. The van der Waals surface area contributed by atoms with E-state index in [2.05, 4.69) is 16.0 Å². The first kappa shape index (κ1) is 12.2. The maximum absolute atomic E-state index is 5.97. The van der Waals surface area contributed by atoms with Crippen molar-refractivity contribution in [2.75, 3.05) is 25.1 Å². The van der Waals surface area contributed by atoms with Gasteiger partial charge in [0, 0.05) is 25.3 Å². The number of fused-ring (bicyclic) bond motifs is 1. The monoisotopic (exact) mass is 257 g/mol. The molecule has 2 heterocycles. The number of ether oxygens (including phenoxy) is 1. The second-order valence-corrected chi connectivity index (χ2v) is 5.02. The predicted octanol–water partition coefficient (Wildman–Crippen LogP) is 2.17. The lowest BCUT2D eigenvalue weighted by atomic mass is 10.0. The smallest absolute Gasteiger partial charge is 0.140 e. The van der Waals surface area contributed by atoms with Crippen molar-refractivity contribution < 1.29 is 4.74 Å². The van der Waals surface area contributed by atoms with E-state index >= 15 is 0 Å². The highest BCUT2D eigenvalue weighted by Crippen LogP contribution is 2.33. The summed E-state index contributed by atoms with van der Waals surface area (Å²) in [6.07, 6.45) is 3.91. The van der Waals surface area contributed by atoms with E-state index in [1.165, 1.54) is 5.39 Å². The Morgan fingerprint density at radius 2 is 2.05 bits per heavy atom. The minimum atomic E-state index is 0.327. The number of nitrogens with zero attached hydrogens (tertiary/aromatic N) is 2. The van der Waals surface area contributed by atoms with Crippen molar-refractivity contribution >= 4 is 16.6 Å². The molecule has 1 aliphatic heterocycles. The lowest BCUT2D eigenvalue weighted by Gasteiger charge is -2.32. The molecule has 1 aliphatic rings. The highest BCUT2D eigenvalue weighted by atomic mass is 16.5. The first-order valence-electron chi connectivity index (χ1n) is 6.72. The van der Waals surface area contributed by atoms with Gasteiger partial charge in [-0.25, -0.2) is 4.98 Å². The van der Waals surface area contributed by atoms with E-state index in [1.807, 2.05) is 24.4 Å². The maximum Gasteiger partial charge on any atom is 0.140 e. The quantitative estimate of drug-likeness (QED) is 0.896. The van der Waals surface area contributed by atoms with Crippen LogP contribution in [-0.2, 0) is 0 Å². The number of methoxy groups -OCH3 is 1. The number of rotatable bonds is 2. The van der Waals surface area contributed by atoms with Crippen LogP contribution < -0.4 is 15.4 Å². The molecule has 0 unspecified atom stereocenters. The van der Waals surface area contributed by atoms with Crippen molar-refractivity contribution in [1.82, 2.24) is 4.98 Å². The van der Waals surface area contributed by atoms with Crippen LogP contribution in [0.4, 0.5) is 5.82 Å². The molecule has 0 radical (unpaired) electrons. The molecule has 1 aromatic heterocycles. The van der Waals surface area contributed by atoms with Gasteiger partial charge in [0.25, 0.3) is 0 Å². The van der Waals surface area contributed by atoms with Crippen LogP contribution in [0.5, 0.6) is 5.75 Å². The Balaban J connectivity index is 2.07. The van der Waals surface area contributed by atoms with Gasteiger partial charge in [0.05, 0.1) is 12.5 Å². The zero-order valence-corrected chi connectivity index (χ0v) is 11.2. The Morgan fingerprint density at radius 1 is 1.26 bits per heavy atom. The number of pyridine rings is 1. The molecule has 2 aromatic rings. The van der Waals surface area contributed by atoms with E-state index in [1.54, 1.807) is 7.11 Å². The number of hydrogen-bond acceptors (Lipinski definition) is 4. The number of anilines is 1. The van der Waals surface area contributed by atoms with Crippen molar-refractivity contribution in [2.45, 2.75) is 18.9 Å². The summed E-state index contributed by atoms with van der Waals surface area (Å²) in [5, 5.41) is 2.27. The SMILES string of the molecule is COc1cccc2ccnc(N3CCC(N)CC3)c12. The zero-order chi connectivity index (χ0) is 13.2. The first-order valence-corrected chi connectivity index (χ1v) is 6.72. The molecule has 100 valence electrons. The number of nitrogens with two attached hydrogens (primary N) is 1. The molecular formula is C15H19N3O. The van der Waals surface area contributed by atoms with Crippen LogP contribution in [0.2, 0.25) is 0 Å².